The minimum Gasteiger partial charge on any atom is -0.319 e. The molecule has 1 aromatic carbocycles. The second kappa shape index (κ2) is 6.52. The number of nitrogens with zero attached hydrogens (tertiary/aromatic N) is 2. The van der Waals surface area contributed by atoms with Crippen LogP contribution in [0.25, 0.3) is 10.6 Å². The maximum absolute atomic E-state index is 14.3. The zero-order valence-electron chi connectivity index (χ0n) is 13.1. The summed E-state index contributed by atoms with van der Waals surface area (Å²) in [6, 6.07) is 8.78. The van der Waals surface area contributed by atoms with E-state index < -0.39 is 17.5 Å². The number of anilines is 1. The van der Waals surface area contributed by atoms with E-state index >= 15 is 0 Å². The predicted octanol–water partition coefficient (Wildman–Crippen LogP) is 4.47. The number of carbonyl (C=O) groups excluding carboxylic acids is 1. The molecular formula is C17H15F2N3OS. The number of amides is 1. The number of halogens is 2. The highest BCUT2D eigenvalue weighted by Crippen LogP contribution is 2.32. The molecule has 0 saturated heterocycles. The Hall–Kier alpha value is -2.54. The molecule has 3 aromatic rings. The van der Waals surface area contributed by atoms with E-state index in [1.807, 2.05) is 13.8 Å². The van der Waals surface area contributed by atoms with E-state index in [4.69, 9.17) is 0 Å². The van der Waals surface area contributed by atoms with Crippen LogP contribution in [0, 0.1) is 18.6 Å². The number of rotatable bonds is 4. The van der Waals surface area contributed by atoms with Gasteiger partial charge >= 0.3 is 0 Å². The van der Waals surface area contributed by atoms with Gasteiger partial charge in [0.25, 0.3) is 5.91 Å². The number of thiophene rings is 1. The highest BCUT2D eigenvalue weighted by Gasteiger charge is 2.19. The largest absolute Gasteiger partial charge is 0.319 e. The molecule has 0 radical (unpaired) electrons. The van der Waals surface area contributed by atoms with E-state index in [9.17, 15) is 13.6 Å². The first kappa shape index (κ1) is 16.3. The molecule has 0 fully saturated rings. The van der Waals surface area contributed by atoms with Crippen molar-refractivity contribution in [2.75, 3.05) is 5.32 Å². The number of benzene rings is 1. The van der Waals surface area contributed by atoms with Gasteiger partial charge in [0.2, 0.25) is 0 Å². The molecule has 3 rings (SSSR count). The molecule has 0 atom stereocenters. The van der Waals surface area contributed by atoms with Crippen LogP contribution >= 0.6 is 11.3 Å². The summed E-state index contributed by atoms with van der Waals surface area (Å²) in [5, 5.41) is 6.75. The van der Waals surface area contributed by atoms with Gasteiger partial charge in [0.15, 0.2) is 0 Å². The Labute approximate surface area is 141 Å². The van der Waals surface area contributed by atoms with Crippen molar-refractivity contribution in [3.63, 3.8) is 0 Å². The van der Waals surface area contributed by atoms with Crippen LogP contribution in [0.2, 0.25) is 0 Å². The minimum atomic E-state index is -0.547. The van der Waals surface area contributed by atoms with Gasteiger partial charge in [0.05, 0.1) is 26.8 Å². The average Bonchev–Trinajstić information content (AvgIpc) is 3.12. The van der Waals surface area contributed by atoms with Crippen molar-refractivity contribution in [1.82, 2.24) is 9.78 Å². The Morgan fingerprint density at radius 3 is 2.71 bits per heavy atom. The van der Waals surface area contributed by atoms with Crippen LogP contribution in [0.4, 0.5) is 14.5 Å². The maximum atomic E-state index is 14.3. The minimum absolute atomic E-state index is 0.0623. The van der Waals surface area contributed by atoms with Crippen molar-refractivity contribution in [2.45, 2.75) is 20.4 Å². The van der Waals surface area contributed by atoms with Gasteiger partial charge in [-0.2, -0.15) is 5.10 Å². The second-order valence-corrected chi connectivity index (χ2v) is 6.26. The molecule has 0 spiro atoms. The van der Waals surface area contributed by atoms with Gasteiger partial charge < -0.3 is 5.32 Å². The first-order chi connectivity index (χ1) is 11.5. The third-order valence-electron chi connectivity index (χ3n) is 3.47. The lowest BCUT2D eigenvalue weighted by Crippen LogP contribution is -2.11. The first-order valence-corrected chi connectivity index (χ1v) is 8.21. The number of aryl methyl sites for hydroxylation is 2. The molecule has 0 aliphatic carbocycles. The zero-order chi connectivity index (χ0) is 17.3. The van der Waals surface area contributed by atoms with Crippen molar-refractivity contribution < 1.29 is 13.6 Å². The molecule has 0 aliphatic heterocycles. The van der Waals surface area contributed by atoms with E-state index in [1.165, 1.54) is 24.3 Å². The molecule has 0 saturated carbocycles. The van der Waals surface area contributed by atoms with Gasteiger partial charge in [-0.1, -0.05) is 12.1 Å². The molecule has 7 heteroatoms. The Kier molecular flexibility index (Phi) is 4.44. The SMILES string of the molecule is CCn1nc(C)cc1-c1sc(C(=O)Nc2ccccc2F)cc1F. The van der Waals surface area contributed by atoms with Crippen LogP contribution in [0.15, 0.2) is 36.4 Å². The summed E-state index contributed by atoms with van der Waals surface area (Å²) in [6.07, 6.45) is 0. The lowest BCUT2D eigenvalue weighted by Gasteiger charge is -2.04. The maximum Gasteiger partial charge on any atom is 0.265 e. The van der Waals surface area contributed by atoms with Gasteiger partial charge in [0.1, 0.15) is 11.6 Å². The fourth-order valence-corrected chi connectivity index (χ4v) is 3.32. The average molecular weight is 347 g/mol. The summed E-state index contributed by atoms with van der Waals surface area (Å²) < 4.78 is 29.6. The molecule has 1 amide bonds. The van der Waals surface area contributed by atoms with E-state index in [-0.39, 0.29) is 10.6 Å². The molecule has 1 N–H and O–H groups in total. The monoisotopic (exact) mass is 347 g/mol. The number of hydrogen-bond acceptors (Lipinski definition) is 3. The molecule has 0 bridgehead atoms. The second-order valence-electron chi connectivity index (χ2n) is 5.21. The lowest BCUT2D eigenvalue weighted by molar-refractivity contribution is 0.102. The van der Waals surface area contributed by atoms with Crippen LogP contribution in [0.5, 0.6) is 0 Å². The van der Waals surface area contributed by atoms with Gasteiger partial charge in [0, 0.05) is 6.54 Å². The number of para-hydroxylation sites is 1. The highest BCUT2D eigenvalue weighted by molar-refractivity contribution is 7.17. The van der Waals surface area contributed by atoms with E-state index in [0.717, 1.165) is 17.0 Å². The lowest BCUT2D eigenvalue weighted by atomic mass is 10.3. The van der Waals surface area contributed by atoms with Crippen LogP contribution in [-0.4, -0.2) is 15.7 Å². The smallest absolute Gasteiger partial charge is 0.265 e. The first-order valence-electron chi connectivity index (χ1n) is 7.39. The molecular weight excluding hydrogens is 332 g/mol. The van der Waals surface area contributed by atoms with Crippen molar-refractivity contribution in [3.8, 4) is 10.6 Å². The van der Waals surface area contributed by atoms with Crippen molar-refractivity contribution >= 4 is 22.9 Å². The van der Waals surface area contributed by atoms with E-state index in [1.54, 1.807) is 16.8 Å². The van der Waals surface area contributed by atoms with Crippen molar-refractivity contribution in [1.29, 1.82) is 0 Å². The van der Waals surface area contributed by atoms with Crippen LogP contribution in [0.3, 0.4) is 0 Å². The van der Waals surface area contributed by atoms with Crippen LogP contribution in [-0.2, 0) is 6.54 Å². The fraction of sp³-hybridized carbons (Fsp3) is 0.176. The van der Waals surface area contributed by atoms with E-state index in [2.05, 4.69) is 10.4 Å². The molecule has 124 valence electrons. The summed E-state index contributed by atoms with van der Waals surface area (Å²) in [5.41, 5.74) is 1.46. The predicted molar refractivity (Wildman–Crippen MR) is 90.3 cm³/mol. The zero-order valence-corrected chi connectivity index (χ0v) is 14.0. The molecule has 0 aliphatic rings. The number of carbonyl (C=O) groups is 1. The van der Waals surface area contributed by atoms with Gasteiger partial charge in [-0.05, 0) is 38.1 Å². The molecule has 2 aromatic heterocycles. The highest BCUT2D eigenvalue weighted by atomic mass is 32.1. The van der Waals surface area contributed by atoms with Crippen LogP contribution in [0.1, 0.15) is 22.3 Å². The molecule has 2 heterocycles. The van der Waals surface area contributed by atoms with E-state index in [0.29, 0.717) is 17.1 Å². The molecule has 0 unspecified atom stereocenters. The summed E-state index contributed by atoms with van der Waals surface area (Å²) in [5.74, 6) is -1.58. The summed E-state index contributed by atoms with van der Waals surface area (Å²) in [4.78, 5) is 12.8. The molecule has 24 heavy (non-hydrogen) atoms. The normalized spacial score (nSPS) is 10.8. The summed E-state index contributed by atoms with van der Waals surface area (Å²) in [6.45, 7) is 4.33. The third kappa shape index (κ3) is 3.07. The van der Waals surface area contributed by atoms with Gasteiger partial charge in [-0.15, -0.1) is 11.3 Å². The Balaban J connectivity index is 1.91. The standard InChI is InChI=1S/C17H15F2N3OS/c1-3-22-14(8-10(2)21-22)16-12(19)9-15(24-16)17(23)20-13-7-5-4-6-11(13)18/h4-9H,3H2,1-2H3,(H,20,23). The van der Waals surface area contributed by atoms with Crippen molar-refractivity contribution in [2.24, 2.45) is 0 Å². The van der Waals surface area contributed by atoms with Gasteiger partial charge in [-0.25, -0.2) is 8.78 Å². The van der Waals surface area contributed by atoms with Crippen molar-refractivity contribution in [3.05, 3.63) is 58.6 Å². The number of hydrogen-bond donors (Lipinski definition) is 1. The Morgan fingerprint density at radius 1 is 1.25 bits per heavy atom. The topological polar surface area (TPSA) is 46.9 Å². The van der Waals surface area contributed by atoms with Crippen LogP contribution < -0.4 is 5.32 Å². The van der Waals surface area contributed by atoms with Gasteiger partial charge in [-0.3, -0.25) is 9.48 Å². The Bertz CT molecular complexity index is 901. The number of aromatic nitrogens is 2. The molecule has 4 nitrogen and oxygen atoms in total. The third-order valence-corrected chi connectivity index (χ3v) is 4.60. The fourth-order valence-electron chi connectivity index (χ4n) is 2.37. The quantitative estimate of drug-likeness (QED) is 0.757. The summed E-state index contributed by atoms with van der Waals surface area (Å²) in [7, 11) is 0. The number of nitrogens with one attached hydrogen (secondary N) is 1. The Morgan fingerprint density at radius 2 is 2.00 bits per heavy atom. The summed E-state index contributed by atoms with van der Waals surface area (Å²) >= 11 is 1.02.